The van der Waals surface area contributed by atoms with Crippen LogP contribution in [0.2, 0.25) is 0 Å². The minimum Gasteiger partial charge on any atom is -0.272 e. The number of anilines is 1. The Labute approximate surface area is 155 Å². The van der Waals surface area contributed by atoms with Crippen molar-refractivity contribution in [3.63, 3.8) is 0 Å². The molecule has 0 saturated carbocycles. The standard InChI is InChI=1S/C19H15N5OS/c25-18-11-15(23-24(18)16-6-2-1-3-7-16)13-26-19-21-10-8-17(22-19)14-5-4-9-20-12-14/h1-10,12H,11,13H2. The largest absolute Gasteiger partial charge is 0.272 e. The minimum absolute atomic E-state index is 0.0168. The molecular weight excluding hydrogens is 346 g/mol. The number of rotatable bonds is 5. The zero-order chi connectivity index (χ0) is 17.8. The van der Waals surface area contributed by atoms with Gasteiger partial charge in [-0.2, -0.15) is 5.10 Å². The Hall–Kier alpha value is -3.06. The summed E-state index contributed by atoms with van der Waals surface area (Å²) in [5.41, 5.74) is 3.37. The Morgan fingerprint density at radius 2 is 1.92 bits per heavy atom. The number of amides is 1. The van der Waals surface area contributed by atoms with Gasteiger partial charge in [-0.05, 0) is 30.3 Å². The molecule has 0 bridgehead atoms. The van der Waals surface area contributed by atoms with E-state index in [0.29, 0.717) is 17.3 Å². The Morgan fingerprint density at radius 3 is 2.73 bits per heavy atom. The lowest BCUT2D eigenvalue weighted by Crippen LogP contribution is -2.19. The van der Waals surface area contributed by atoms with E-state index in [4.69, 9.17) is 0 Å². The molecule has 128 valence electrons. The van der Waals surface area contributed by atoms with Crippen molar-refractivity contribution < 1.29 is 4.79 Å². The van der Waals surface area contributed by atoms with Gasteiger partial charge in [-0.25, -0.2) is 15.0 Å². The second-order valence-corrected chi connectivity index (χ2v) is 6.58. The Balaban J connectivity index is 1.46. The first-order chi connectivity index (χ1) is 12.8. The highest BCUT2D eigenvalue weighted by Crippen LogP contribution is 2.24. The Morgan fingerprint density at radius 1 is 1.04 bits per heavy atom. The fourth-order valence-corrected chi connectivity index (χ4v) is 3.32. The maximum absolute atomic E-state index is 12.2. The lowest BCUT2D eigenvalue weighted by molar-refractivity contribution is -0.116. The highest BCUT2D eigenvalue weighted by Gasteiger charge is 2.25. The van der Waals surface area contributed by atoms with Crippen LogP contribution in [-0.2, 0) is 4.79 Å². The first kappa shape index (κ1) is 16.4. The number of thioether (sulfide) groups is 1. The lowest BCUT2D eigenvalue weighted by Gasteiger charge is -2.10. The van der Waals surface area contributed by atoms with Gasteiger partial charge in [-0.15, -0.1) is 0 Å². The number of hydrazone groups is 1. The average Bonchev–Trinajstić information content (AvgIpc) is 3.09. The lowest BCUT2D eigenvalue weighted by atomic mass is 10.2. The van der Waals surface area contributed by atoms with E-state index in [2.05, 4.69) is 20.1 Å². The molecule has 0 saturated heterocycles. The molecule has 1 aliphatic rings. The van der Waals surface area contributed by atoms with Crippen molar-refractivity contribution in [3.05, 3.63) is 67.1 Å². The fourth-order valence-electron chi connectivity index (χ4n) is 2.57. The predicted octanol–water partition coefficient (Wildman–Crippen LogP) is 3.42. The molecule has 4 rings (SSSR count). The normalized spacial score (nSPS) is 13.8. The van der Waals surface area contributed by atoms with Gasteiger partial charge in [-0.3, -0.25) is 9.78 Å². The summed E-state index contributed by atoms with van der Waals surface area (Å²) in [6.45, 7) is 0. The first-order valence-corrected chi connectivity index (χ1v) is 9.09. The van der Waals surface area contributed by atoms with Crippen molar-refractivity contribution in [2.45, 2.75) is 11.6 Å². The van der Waals surface area contributed by atoms with E-state index < -0.39 is 0 Å². The summed E-state index contributed by atoms with van der Waals surface area (Å²) in [7, 11) is 0. The molecular formula is C19H15N5OS. The van der Waals surface area contributed by atoms with Crippen LogP contribution in [0.4, 0.5) is 5.69 Å². The number of benzene rings is 1. The number of nitrogens with zero attached hydrogens (tertiary/aromatic N) is 5. The summed E-state index contributed by atoms with van der Waals surface area (Å²) >= 11 is 1.47. The summed E-state index contributed by atoms with van der Waals surface area (Å²) in [6, 6.07) is 15.1. The molecule has 0 radical (unpaired) electrons. The molecule has 0 unspecified atom stereocenters. The molecule has 1 amide bonds. The maximum Gasteiger partial charge on any atom is 0.253 e. The molecule has 3 heterocycles. The molecule has 1 aliphatic heterocycles. The first-order valence-electron chi connectivity index (χ1n) is 8.10. The summed E-state index contributed by atoms with van der Waals surface area (Å²) < 4.78 is 0. The molecule has 2 aromatic heterocycles. The molecule has 0 atom stereocenters. The number of para-hydroxylation sites is 1. The Bertz CT molecular complexity index is 946. The van der Waals surface area contributed by atoms with Crippen LogP contribution >= 0.6 is 11.8 Å². The van der Waals surface area contributed by atoms with Crippen molar-refractivity contribution >= 4 is 29.1 Å². The summed E-state index contributed by atoms with van der Waals surface area (Å²) in [4.78, 5) is 25.2. The molecule has 0 aliphatic carbocycles. The third-order valence-corrected chi connectivity index (χ3v) is 4.72. The topological polar surface area (TPSA) is 71.3 Å². The van der Waals surface area contributed by atoms with E-state index in [1.807, 2.05) is 48.5 Å². The van der Waals surface area contributed by atoms with Crippen LogP contribution < -0.4 is 5.01 Å². The van der Waals surface area contributed by atoms with Gasteiger partial charge >= 0.3 is 0 Å². The number of aromatic nitrogens is 3. The second kappa shape index (κ2) is 7.45. The van der Waals surface area contributed by atoms with Gasteiger partial charge in [0.05, 0.1) is 23.5 Å². The third-order valence-electron chi connectivity index (χ3n) is 3.79. The van der Waals surface area contributed by atoms with Crippen molar-refractivity contribution in [2.24, 2.45) is 5.10 Å². The van der Waals surface area contributed by atoms with Gasteiger partial charge in [0, 0.05) is 29.9 Å². The van der Waals surface area contributed by atoms with E-state index in [1.54, 1.807) is 18.6 Å². The number of hydrogen-bond acceptors (Lipinski definition) is 6. The molecule has 0 fully saturated rings. The van der Waals surface area contributed by atoms with Crippen LogP contribution in [-0.4, -0.2) is 32.3 Å². The summed E-state index contributed by atoms with van der Waals surface area (Å²) in [5.74, 6) is 0.558. The summed E-state index contributed by atoms with van der Waals surface area (Å²) in [5, 5.41) is 6.56. The van der Waals surface area contributed by atoms with Gasteiger partial charge in [0.1, 0.15) is 0 Å². The van der Waals surface area contributed by atoms with Gasteiger partial charge in [0.15, 0.2) is 5.16 Å². The predicted molar refractivity (Wildman–Crippen MR) is 102 cm³/mol. The van der Waals surface area contributed by atoms with Crippen LogP contribution in [0.3, 0.4) is 0 Å². The zero-order valence-electron chi connectivity index (χ0n) is 13.8. The minimum atomic E-state index is -0.0168. The van der Waals surface area contributed by atoms with E-state index in [0.717, 1.165) is 22.7 Å². The van der Waals surface area contributed by atoms with Crippen molar-refractivity contribution in [2.75, 3.05) is 10.8 Å². The third kappa shape index (κ3) is 3.62. The van der Waals surface area contributed by atoms with Crippen molar-refractivity contribution in [1.29, 1.82) is 0 Å². The quantitative estimate of drug-likeness (QED) is 0.514. The monoisotopic (exact) mass is 361 g/mol. The van der Waals surface area contributed by atoms with Crippen LogP contribution in [0.25, 0.3) is 11.3 Å². The number of hydrogen-bond donors (Lipinski definition) is 0. The van der Waals surface area contributed by atoms with Crippen LogP contribution in [0.5, 0.6) is 0 Å². The average molecular weight is 361 g/mol. The van der Waals surface area contributed by atoms with E-state index >= 15 is 0 Å². The molecule has 7 heteroatoms. The van der Waals surface area contributed by atoms with Gasteiger partial charge < -0.3 is 0 Å². The molecule has 0 N–H and O–H groups in total. The van der Waals surface area contributed by atoms with E-state index in [9.17, 15) is 4.79 Å². The molecule has 1 aromatic carbocycles. The van der Waals surface area contributed by atoms with Crippen molar-refractivity contribution in [1.82, 2.24) is 15.0 Å². The van der Waals surface area contributed by atoms with Gasteiger partial charge in [0.25, 0.3) is 5.91 Å². The van der Waals surface area contributed by atoms with Gasteiger partial charge in [0.2, 0.25) is 0 Å². The Kier molecular flexibility index (Phi) is 4.70. The smallest absolute Gasteiger partial charge is 0.253 e. The van der Waals surface area contributed by atoms with Gasteiger partial charge in [-0.1, -0.05) is 30.0 Å². The highest BCUT2D eigenvalue weighted by molar-refractivity contribution is 7.99. The number of carbonyl (C=O) groups excluding carboxylic acids is 1. The van der Waals surface area contributed by atoms with Crippen molar-refractivity contribution in [3.8, 4) is 11.3 Å². The number of carbonyl (C=O) groups is 1. The maximum atomic E-state index is 12.2. The SMILES string of the molecule is O=C1CC(CSc2nccc(-c3cccnc3)n2)=NN1c1ccccc1. The zero-order valence-corrected chi connectivity index (χ0v) is 14.6. The molecule has 3 aromatic rings. The molecule has 6 nitrogen and oxygen atoms in total. The highest BCUT2D eigenvalue weighted by atomic mass is 32.2. The number of pyridine rings is 1. The van der Waals surface area contributed by atoms with E-state index in [-0.39, 0.29) is 5.91 Å². The summed E-state index contributed by atoms with van der Waals surface area (Å²) in [6.07, 6.45) is 5.56. The molecule has 26 heavy (non-hydrogen) atoms. The van der Waals surface area contributed by atoms with Crippen LogP contribution in [0.1, 0.15) is 6.42 Å². The van der Waals surface area contributed by atoms with Crippen LogP contribution in [0, 0.1) is 0 Å². The van der Waals surface area contributed by atoms with E-state index in [1.165, 1.54) is 16.8 Å². The molecule has 0 spiro atoms. The van der Waals surface area contributed by atoms with Crippen LogP contribution in [0.15, 0.2) is 77.4 Å². The fraction of sp³-hybridized carbons (Fsp3) is 0.105. The second-order valence-electron chi connectivity index (χ2n) is 5.64.